The number of aromatic nitrogens is 1. The molecule has 3 nitrogen and oxygen atoms in total. The lowest BCUT2D eigenvalue weighted by molar-refractivity contribution is 0.456. The zero-order valence-electron chi connectivity index (χ0n) is 4.53. The number of nitriles is 1. The molecule has 1 rings (SSSR count). The second-order valence-corrected chi connectivity index (χ2v) is 2.38. The molecule has 0 bridgehead atoms. The Morgan fingerprint density at radius 2 is 2.67 bits per heavy atom. The van der Waals surface area contributed by atoms with E-state index in [1.807, 2.05) is 6.07 Å². The highest BCUT2D eigenvalue weighted by Crippen LogP contribution is 2.13. The predicted octanol–water partition coefficient (Wildman–Crippen LogP) is 0.915. The van der Waals surface area contributed by atoms with E-state index in [0.29, 0.717) is 5.01 Å². The first-order valence-electron chi connectivity index (χ1n) is 2.33. The lowest BCUT2D eigenvalue weighted by Crippen LogP contribution is -1.75. The molecule has 0 spiro atoms. The van der Waals surface area contributed by atoms with Gasteiger partial charge in [0.15, 0.2) is 0 Å². The summed E-state index contributed by atoms with van der Waals surface area (Å²) in [5.41, 5.74) is 0. The first-order valence-corrected chi connectivity index (χ1v) is 3.21. The van der Waals surface area contributed by atoms with Crippen LogP contribution in [-0.2, 0) is 6.42 Å². The minimum Gasteiger partial charge on any atom is -0.493 e. The molecule has 0 fully saturated rings. The molecule has 0 aromatic carbocycles. The molecule has 9 heavy (non-hydrogen) atoms. The van der Waals surface area contributed by atoms with Crippen LogP contribution in [0.3, 0.4) is 0 Å². The quantitative estimate of drug-likeness (QED) is 0.630. The first kappa shape index (κ1) is 6.05. The third kappa shape index (κ3) is 1.40. The topological polar surface area (TPSA) is 56.9 Å². The van der Waals surface area contributed by atoms with Crippen molar-refractivity contribution in [3.63, 3.8) is 0 Å². The van der Waals surface area contributed by atoms with Gasteiger partial charge in [0.1, 0.15) is 5.01 Å². The second-order valence-electron chi connectivity index (χ2n) is 1.43. The zero-order chi connectivity index (χ0) is 6.69. The summed E-state index contributed by atoms with van der Waals surface area (Å²) in [7, 11) is 0. The highest BCUT2D eigenvalue weighted by Gasteiger charge is 1.96. The van der Waals surface area contributed by atoms with E-state index in [4.69, 9.17) is 10.4 Å². The van der Waals surface area contributed by atoms with Crippen LogP contribution in [0.1, 0.15) is 5.01 Å². The second kappa shape index (κ2) is 2.46. The molecule has 0 unspecified atom stereocenters. The van der Waals surface area contributed by atoms with E-state index in [0.717, 1.165) is 0 Å². The molecule has 0 aliphatic heterocycles. The van der Waals surface area contributed by atoms with E-state index in [1.54, 1.807) is 0 Å². The van der Waals surface area contributed by atoms with Gasteiger partial charge in [0.05, 0.1) is 17.9 Å². The molecule has 0 saturated carbocycles. The smallest absolute Gasteiger partial charge is 0.222 e. The Kier molecular flexibility index (Phi) is 1.66. The normalized spacial score (nSPS) is 8.78. The number of hydrogen-bond acceptors (Lipinski definition) is 4. The number of aromatic hydroxyl groups is 1. The lowest BCUT2D eigenvalue weighted by atomic mass is 10.5. The minimum atomic E-state index is 0.00486. The van der Waals surface area contributed by atoms with Gasteiger partial charge in [-0.05, 0) is 0 Å². The summed E-state index contributed by atoms with van der Waals surface area (Å²) in [6.45, 7) is 0. The fourth-order valence-electron chi connectivity index (χ4n) is 0.450. The van der Waals surface area contributed by atoms with Crippen molar-refractivity contribution in [2.75, 3.05) is 0 Å². The third-order valence-electron chi connectivity index (χ3n) is 0.770. The molecule has 1 N–H and O–H groups in total. The van der Waals surface area contributed by atoms with Crippen molar-refractivity contribution in [3.05, 3.63) is 10.4 Å². The van der Waals surface area contributed by atoms with Crippen molar-refractivity contribution in [1.29, 1.82) is 5.26 Å². The molecule has 4 heteroatoms. The molecule has 46 valence electrons. The monoisotopic (exact) mass is 140 g/mol. The van der Waals surface area contributed by atoms with Crippen LogP contribution in [-0.4, -0.2) is 10.1 Å². The fourth-order valence-corrected chi connectivity index (χ4v) is 1.04. The van der Waals surface area contributed by atoms with Gasteiger partial charge in [0.2, 0.25) is 5.88 Å². The van der Waals surface area contributed by atoms with Gasteiger partial charge in [-0.15, -0.1) is 11.3 Å². The van der Waals surface area contributed by atoms with Gasteiger partial charge in [-0.1, -0.05) is 0 Å². The van der Waals surface area contributed by atoms with Gasteiger partial charge >= 0.3 is 0 Å². The van der Waals surface area contributed by atoms with Crippen LogP contribution in [0, 0.1) is 11.3 Å². The summed E-state index contributed by atoms with van der Waals surface area (Å²) in [4.78, 5) is 3.65. The maximum absolute atomic E-state index is 8.67. The predicted molar refractivity (Wildman–Crippen MR) is 33.1 cm³/mol. The molecular formula is C5H4N2OS. The SMILES string of the molecule is N#CCc1nc(O)cs1. The number of hydrogen-bond donors (Lipinski definition) is 1. The summed E-state index contributed by atoms with van der Waals surface area (Å²) in [6.07, 6.45) is 0.283. The van der Waals surface area contributed by atoms with Crippen LogP contribution in [0.15, 0.2) is 5.38 Å². The Balaban J connectivity index is 2.76. The number of rotatable bonds is 1. The summed E-state index contributed by atoms with van der Waals surface area (Å²) in [6, 6.07) is 1.93. The first-order chi connectivity index (χ1) is 4.33. The van der Waals surface area contributed by atoms with Crippen molar-refractivity contribution in [1.82, 2.24) is 4.98 Å². The molecular weight excluding hydrogens is 136 g/mol. The summed E-state index contributed by atoms with van der Waals surface area (Å²) >= 11 is 1.29. The van der Waals surface area contributed by atoms with Crippen LogP contribution in [0.25, 0.3) is 0 Å². The molecule has 0 amide bonds. The van der Waals surface area contributed by atoms with E-state index in [9.17, 15) is 0 Å². The van der Waals surface area contributed by atoms with Crippen molar-refractivity contribution in [2.24, 2.45) is 0 Å². The van der Waals surface area contributed by atoms with E-state index >= 15 is 0 Å². The van der Waals surface area contributed by atoms with Crippen LogP contribution in [0.4, 0.5) is 0 Å². The Morgan fingerprint density at radius 3 is 3.11 bits per heavy atom. The Morgan fingerprint density at radius 1 is 1.89 bits per heavy atom. The van der Waals surface area contributed by atoms with Gasteiger partial charge < -0.3 is 5.11 Å². The molecule has 1 heterocycles. The highest BCUT2D eigenvalue weighted by molar-refractivity contribution is 7.09. The molecule has 1 aromatic rings. The number of nitrogens with zero attached hydrogens (tertiary/aromatic N) is 2. The lowest BCUT2D eigenvalue weighted by Gasteiger charge is -1.77. The molecule has 0 atom stereocenters. The van der Waals surface area contributed by atoms with Crippen molar-refractivity contribution < 1.29 is 5.11 Å². The molecule has 0 radical (unpaired) electrons. The number of thiazole rings is 1. The molecule has 0 aliphatic rings. The van der Waals surface area contributed by atoms with Crippen LogP contribution >= 0.6 is 11.3 Å². The largest absolute Gasteiger partial charge is 0.493 e. The molecule has 0 aliphatic carbocycles. The Hall–Kier alpha value is -1.08. The van der Waals surface area contributed by atoms with Crippen LogP contribution < -0.4 is 0 Å². The minimum absolute atomic E-state index is 0.00486. The van der Waals surface area contributed by atoms with E-state index in [2.05, 4.69) is 4.98 Å². The summed E-state index contributed by atoms with van der Waals surface area (Å²) in [5.74, 6) is 0.00486. The zero-order valence-corrected chi connectivity index (χ0v) is 5.35. The maximum Gasteiger partial charge on any atom is 0.222 e. The standard InChI is InChI=1S/C5H4N2OS/c6-2-1-5-7-4(8)3-9-5/h3,8H,1H2. The maximum atomic E-state index is 8.67. The molecule has 1 aromatic heterocycles. The Bertz CT molecular complexity index is 237. The van der Waals surface area contributed by atoms with Crippen LogP contribution in [0.5, 0.6) is 5.88 Å². The van der Waals surface area contributed by atoms with Gasteiger partial charge in [-0.3, -0.25) is 0 Å². The van der Waals surface area contributed by atoms with E-state index in [-0.39, 0.29) is 12.3 Å². The fraction of sp³-hybridized carbons (Fsp3) is 0.200. The van der Waals surface area contributed by atoms with Crippen molar-refractivity contribution in [3.8, 4) is 11.9 Å². The van der Waals surface area contributed by atoms with E-state index in [1.165, 1.54) is 16.7 Å². The van der Waals surface area contributed by atoms with Crippen LogP contribution in [0.2, 0.25) is 0 Å². The van der Waals surface area contributed by atoms with Gasteiger partial charge in [-0.25, -0.2) is 4.98 Å². The third-order valence-corrected chi connectivity index (χ3v) is 1.61. The Labute approximate surface area is 56.2 Å². The molecule has 0 saturated heterocycles. The van der Waals surface area contributed by atoms with Gasteiger partial charge in [0.25, 0.3) is 0 Å². The summed E-state index contributed by atoms with van der Waals surface area (Å²) in [5, 5.41) is 19.0. The van der Waals surface area contributed by atoms with Crippen molar-refractivity contribution >= 4 is 11.3 Å². The van der Waals surface area contributed by atoms with Gasteiger partial charge in [-0.2, -0.15) is 5.26 Å². The highest BCUT2D eigenvalue weighted by atomic mass is 32.1. The van der Waals surface area contributed by atoms with Crippen molar-refractivity contribution in [2.45, 2.75) is 6.42 Å². The summed E-state index contributed by atoms with van der Waals surface area (Å²) < 4.78 is 0. The average Bonchev–Trinajstić information content (AvgIpc) is 2.17. The van der Waals surface area contributed by atoms with E-state index < -0.39 is 0 Å². The average molecular weight is 140 g/mol. The van der Waals surface area contributed by atoms with Gasteiger partial charge in [0, 0.05) is 0 Å².